The predicted octanol–water partition coefficient (Wildman–Crippen LogP) is 0.825. The normalized spacial score (nSPS) is 19.3. The smallest absolute Gasteiger partial charge is 0.270 e. The number of nitrogens with zero attached hydrogens (tertiary/aromatic N) is 2. The minimum absolute atomic E-state index is 0.00424. The van der Waals surface area contributed by atoms with Crippen LogP contribution in [0.15, 0.2) is 12.3 Å². The SMILES string of the molecule is CC(=O)c1cc(C(=O)N2CCC[C@@H]2CO)n(C)c1. The van der Waals surface area contributed by atoms with Crippen LogP contribution >= 0.6 is 0 Å². The fourth-order valence-electron chi connectivity index (χ4n) is 2.41. The third-order valence-electron chi connectivity index (χ3n) is 3.48. The number of carbonyl (C=O) groups is 2. The zero-order valence-electron chi connectivity index (χ0n) is 10.7. The van der Waals surface area contributed by atoms with Gasteiger partial charge in [-0.15, -0.1) is 0 Å². The van der Waals surface area contributed by atoms with E-state index in [9.17, 15) is 14.7 Å². The Balaban J connectivity index is 2.25. The van der Waals surface area contributed by atoms with E-state index >= 15 is 0 Å². The summed E-state index contributed by atoms with van der Waals surface area (Å²) in [7, 11) is 1.75. The first-order valence-electron chi connectivity index (χ1n) is 6.13. The van der Waals surface area contributed by atoms with Crippen LogP contribution in [0, 0.1) is 0 Å². The molecule has 1 aliphatic rings. The average molecular weight is 250 g/mol. The molecule has 1 saturated heterocycles. The van der Waals surface area contributed by atoms with Crippen LogP contribution in [0.3, 0.4) is 0 Å². The van der Waals surface area contributed by atoms with E-state index in [1.54, 1.807) is 28.8 Å². The van der Waals surface area contributed by atoms with Gasteiger partial charge in [0.2, 0.25) is 0 Å². The molecule has 0 spiro atoms. The van der Waals surface area contributed by atoms with E-state index < -0.39 is 0 Å². The molecule has 5 nitrogen and oxygen atoms in total. The Morgan fingerprint density at radius 2 is 2.22 bits per heavy atom. The van der Waals surface area contributed by atoms with Gasteiger partial charge >= 0.3 is 0 Å². The zero-order valence-corrected chi connectivity index (χ0v) is 10.7. The Hall–Kier alpha value is -1.62. The summed E-state index contributed by atoms with van der Waals surface area (Å²) in [4.78, 5) is 25.3. The molecule has 1 aromatic heterocycles. The number of hydrogen-bond donors (Lipinski definition) is 1. The van der Waals surface area contributed by atoms with Crippen molar-refractivity contribution in [3.05, 3.63) is 23.5 Å². The number of aromatic nitrogens is 1. The Morgan fingerprint density at radius 1 is 1.50 bits per heavy atom. The lowest BCUT2D eigenvalue weighted by Gasteiger charge is -2.23. The van der Waals surface area contributed by atoms with Gasteiger partial charge in [0.05, 0.1) is 12.6 Å². The van der Waals surface area contributed by atoms with Gasteiger partial charge in [-0.05, 0) is 25.8 Å². The van der Waals surface area contributed by atoms with Crippen LogP contribution in [-0.4, -0.2) is 45.5 Å². The predicted molar refractivity (Wildman–Crippen MR) is 66.6 cm³/mol. The highest BCUT2D eigenvalue weighted by atomic mass is 16.3. The lowest BCUT2D eigenvalue weighted by atomic mass is 10.2. The van der Waals surface area contributed by atoms with Crippen molar-refractivity contribution in [2.45, 2.75) is 25.8 Å². The fraction of sp³-hybridized carbons (Fsp3) is 0.538. The van der Waals surface area contributed by atoms with Crippen LogP contribution in [0.4, 0.5) is 0 Å². The third kappa shape index (κ3) is 2.18. The zero-order chi connectivity index (χ0) is 13.3. The Morgan fingerprint density at radius 3 is 2.78 bits per heavy atom. The number of ketones is 1. The van der Waals surface area contributed by atoms with Crippen molar-refractivity contribution in [2.24, 2.45) is 7.05 Å². The lowest BCUT2D eigenvalue weighted by Crippen LogP contribution is -2.38. The summed E-state index contributed by atoms with van der Waals surface area (Å²) in [6, 6.07) is 1.53. The van der Waals surface area contributed by atoms with E-state index in [2.05, 4.69) is 0 Å². The van der Waals surface area contributed by atoms with E-state index in [1.807, 2.05) is 0 Å². The number of amides is 1. The molecule has 0 saturated carbocycles. The molecule has 18 heavy (non-hydrogen) atoms. The van der Waals surface area contributed by atoms with Crippen LogP contribution in [0.1, 0.15) is 40.6 Å². The molecule has 1 atom stereocenters. The minimum atomic E-state index is -0.110. The van der Waals surface area contributed by atoms with Crippen LogP contribution in [0.25, 0.3) is 0 Å². The lowest BCUT2D eigenvalue weighted by molar-refractivity contribution is 0.0668. The van der Waals surface area contributed by atoms with E-state index in [-0.39, 0.29) is 24.3 Å². The molecule has 0 bridgehead atoms. The quantitative estimate of drug-likeness (QED) is 0.808. The van der Waals surface area contributed by atoms with Crippen LogP contribution in [-0.2, 0) is 7.05 Å². The second kappa shape index (κ2) is 4.94. The van der Waals surface area contributed by atoms with Crippen molar-refractivity contribution in [1.29, 1.82) is 0 Å². The monoisotopic (exact) mass is 250 g/mol. The highest BCUT2D eigenvalue weighted by molar-refractivity contribution is 5.99. The van der Waals surface area contributed by atoms with Crippen molar-refractivity contribution in [3.63, 3.8) is 0 Å². The van der Waals surface area contributed by atoms with Gasteiger partial charge in [0.25, 0.3) is 5.91 Å². The molecule has 0 radical (unpaired) electrons. The van der Waals surface area contributed by atoms with Crippen LogP contribution in [0.5, 0.6) is 0 Å². The van der Waals surface area contributed by atoms with Gasteiger partial charge < -0.3 is 14.6 Å². The Bertz CT molecular complexity index is 479. The molecular weight excluding hydrogens is 232 g/mol. The molecule has 0 aromatic carbocycles. The number of likely N-dealkylation sites (tertiary alicyclic amines) is 1. The maximum absolute atomic E-state index is 12.4. The summed E-state index contributed by atoms with van der Waals surface area (Å²) in [5.41, 5.74) is 1.04. The molecule has 2 rings (SSSR count). The average Bonchev–Trinajstić information content (AvgIpc) is 2.93. The molecule has 1 aromatic rings. The second-order valence-electron chi connectivity index (χ2n) is 4.76. The molecule has 0 aliphatic carbocycles. The molecule has 5 heteroatoms. The van der Waals surface area contributed by atoms with Gasteiger partial charge in [0.15, 0.2) is 5.78 Å². The number of Topliss-reactive ketones (excluding diaryl/α,β-unsaturated/α-hetero) is 1. The molecule has 0 unspecified atom stereocenters. The van der Waals surface area contributed by atoms with E-state index in [0.29, 0.717) is 17.8 Å². The number of aliphatic hydroxyl groups is 1. The van der Waals surface area contributed by atoms with E-state index in [1.165, 1.54) is 6.92 Å². The van der Waals surface area contributed by atoms with Gasteiger partial charge in [-0.25, -0.2) is 0 Å². The summed E-state index contributed by atoms with van der Waals surface area (Å²) in [5.74, 6) is -0.161. The maximum atomic E-state index is 12.4. The summed E-state index contributed by atoms with van der Waals surface area (Å²) in [6.07, 6.45) is 3.42. The first-order chi connectivity index (χ1) is 8.54. The van der Waals surface area contributed by atoms with Crippen molar-refractivity contribution in [2.75, 3.05) is 13.2 Å². The maximum Gasteiger partial charge on any atom is 0.270 e. The van der Waals surface area contributed by atoms with Gasteiger partial charge in [-0.2, -0.15) is 0 Å². The summed E-state index contributed by atoms with van der Waals surface area (Å²) < 4.78 is 1.67. The highest BCUT2D eigenvalue weighted by Gasteiger charge is 2.30. The minimum Gasteiger partial charge on any atom is -0.394 e. The molecule has 1 amide bonds. The molecule has 2 heterocycles. The van der Waals surface area contributed by atoms with E-state index in [0.717, 1.165) is 12.8 Å². The largest absolute Gasteiger partial charge is 0.394 e. The molecule has 1 aliphatic heterocycles. The molecule has 98 valence electrons. The van der Waals surface area contributed by atoms with Gasteiger partial charge in [-0.1, -0.05) is 0 Å². The van der Waals surface area contributed by atoms with Crippen LogP contribution < -0.4 is 0 Å². The van der Waals surface area contributed by atoms with Crippen molar-refractivity contribution in [1.82, 2.24) is 9.47 Å². The first kappa shape index (κ1) is 12.8. The van der Waals surface area contributed by atoms with Crippen molar-refractivity contribution in [3.8, 4) is 0 Å². The van der Waals surface area contributed by atoms with Crippen molar-refractivity contribution < 1.29 is 14.7 Å². The number of aliphatic hydroxyl groups excluding tert-OH is 1. The first-order valence-corrected chi connectivity index (χ1v) is 6.13. The summed E-state index contributed by atoms with van der Waals surface area (Å²) in [6.45, 7) is 2.15. The molecule has 1 fully saturated rings. The Labute approximate surface area is 106 Å². The number of carbonyl (C=O) groups excluding carboxylic acids is 2. The van der Waals surface area contributed by atoms with Gasteiger partial charge in [0.1, 0.15) is 5.69 Å². The number of hydrogen-bond acceptors (Lipinski definition) is 3. The standard InChI is InChI=1S/C13H18N2O3/c1-9(17)10-6-12(14(2)7-10)13(18)15-5-3-4-11(15)8-16/h6-7,11,16H,3-5,8H2,1-2H3/t11-/m1/s1. The van der Waals surface area contributed by atoms with Gasteiger partial charge in [0, 0.05) is 25.4 Å². The second-order valence-corrected chi connectivity index (χ2v) is 4.76. The fourth-order valence-corrected chi connectivity index (χ4v) is 2.41. The van der Waals surface area contributed by atoms with E-state index in [4.69, 9.17) is 0 Å². The molecular formula is C13H18N2O3. The van der Waals surface area contributed by atoms with Crippen molar-refractivity contribution >= 4 is 11.7 Å². The highest BCUT2D eigenvalue weighted by Crippen LogP contribution is 2.20. The molecule has 1 N–H and O–H groups in total. The number of aryl methyl sites for hydroxylation is 1. The van der Waals surface area contributed by atoms with Gasteiger partial charge in [-0.3, -0.25) is 9.59 Å². The Kier molecular flexibility index (Phi) is 3.52. The summed E-state index contributed by atoms with van der Waals surface area (Å²) >= 11 is 0. The number of rotatable bonds is 3. The summed E-state index contributed by atoms with van der Waals surface area (Å²) in [5, 5.41) is 9.24. The topological polar surface area (TPSA) is 62.5 Å². The third-order valence-corrected chi connectivity index (χ3v) is 3.48. The van der Waals surface area contributed by atoms with Crippen LogP contribution in [0.2, 0.25) is 0 Å².